The Morgan fingerprint density at radius 1 is 1.27 bits per heavy atom. The zero-order valence-electron chi connectivity index (χ0n) is 21.9. The van der Waals surface area contributed by atoms with Gasteiger partial charge < -0.3 is 19.7 Å². The Balaban J connectivity index is 1.54. The van der Waals surface area contributed by atoms with E-state index in [1.807, 2.05) is 17.2 Å². The zero-order valence-corrected chi connectivity index (χ0v) is 22.7. The molecule has 0 bridgehead atoms. The molecule has 3 aliphatic heterocycles. The van der Waals surface area contributed by atoms with Crippen LogP contribution in [0.2, 0.25) is 0 Å². The molecule has 1 N–H and O–H groups in total. The van der Waals surface area contributed by atoms with Crippen LogP contribution in [0.25, 0.3) is 0 Å². The van der Waals surface area contributed by atoms with Crippen LogP contribution >= 0.6 is 11.8 Å². The molecule has 198 valence electrons. The van der Waals surface area contributed by atoms with E-state index in [0.29, 0.717) is 23.7 Å². The summed E-state index contributed by atoms with van der Waals surface area (Å²) in [5.74, 6) is -0.0903. The second kappa shape index (κ2) is 12.6. The lowest BCUT2D eigenvalue weighted by atomic mass is 9.92. The fourth-order valence-corrected chi connectivity index (χ4v) is 5.59. The van der Waals surface area contributed by atoms with Gasteiger partial charge in [-0.15, -0.1) is 0 Å². The molecule has 8 nitrogen and oxygen atoms in total. The monoisotopic (exact) mass is 524 g/mol. The van der Waals surface area contributed by atoms with E-state index in [2.05, 4.69) is 54.9 Å². The number of amidine groups is 1. The van der Waals surface area contributed by atoms with Gasteiger partial charge in [0.05, 0.1) is 36.9 Å². The Labute approximate surface area is 223 Å². The van der Waals surface area contributed by atoms with E-state index in [4.69, 9.17) is 14.5 Å². The highest BCUT2D eigenvalue weighted by atomic mass is 32.2. The van der Waals surface area contributed by atoms with Gasteiger partial charge in [0.2, 0.25) is 5.91 Å². The number of hydrogen-bond donors (Lipinski definition) is 1. The molecule has 0 aromatic heterocycles. The molecule has 1 aromatic carbocycles. The number of ether oxygens (including phenoxy) is 2. The maximum absolute atomic E-state index is 13.2. The molecule has 37 heavy (non-hydrogen) atoms. The molecule has 3 aliphatic rings. The fourth-order valence-electron chi connectivity index (χ4n) is 4.63. The lowest BCUT2D eigenvalue weighted by Crippen LogP contribution is -2.42. The van der Waals surface area contributed by atoms with Gasteiger partial charge in [-0.05, 0) is 29.4 Å². The Kier molecular flexibility index (Phi) is 9.23. The summed E-state index contributed by atoms with van der Waals surface area (Å²) in [7, 11) is 0. The van der Waals surface area contributed by atoms with Gasteiger partial charge in [-0.2, -0.15) is 0 Å². The van der Waals surface area contributed by atoms with Crippen molar-refractivity contribution in [1.29, 1.82) is 0 Å². The molecule has 0 saturated carbocycles. The zero-order chi connectivity index (χ0) is 26.4. The maximum atomic E-state index is 13.2. The number of carbonyl (C=O) groups excluding carboxylic acids is 2. The third kappa shape index (κ3) is 6.52. The van der Waals surface area contributed by atoms with Crippen LogP contribution in [-0.4, -0.2) is 72.8 Å². The van der Waals surface area contributed by atoms with Gasteiger partial charge in [0, 0.05) is 31.9 Å². The van der Waals surface area contributed by atoms with Crippen LogP contribution in [-0.2, 0) is 19.1 Å². The molecule has 3 heterocycles. The first-order chi connectivity index (χ1) is 17.9. The highest BCUT2D eigenvalue weighted by Gasteiger charge is 2.41. The highest BCUT2D eigenvalue weighted by Crippen LogP contribution is 2.45. The van der Waals surface area contributed by atoms with Crippen molar-refractivity contribution in [3.8, 4) is 0 Å². The normalized spacial score (nSPS) is 19.9. The summed E-state index contributed by atoms with van der Waals surface area (Å²) in [6.07, 6.45) is 1.75. The summed E-state index contributed by atoms with van der Waals surface area (Å²) < 4.78 is 10.8. The summed E-state index contributed by atoms with van der Waals surface area (Å²) in [6.45, 7) is 14.5. The summed E-state index contributed by atoms with van der Waals surface area (Å²) >= 11 is 1.47. The minimum atomic E-state index is -0.437. The van der Waals surface area contributed by atoms with Crippen molar-refractivity contribution in [2.24, 2.45) is 4.99 Å². The fraction of sp³-hybridized carbons (Fsp3) is 0.464. The van der Waals surface area contributed by atoms with E-state index in [1.54, 1.807) is 6.08 Å². The molecule has 0 radical (unpaired) electrons. The molecule has 1 aromatic rings. The number of aliphatic imine (C=N–C) groups is 1. The van der Waals surface area contributed by atoms with Crippen LogP contribution in [0.5, 0.6) is 0 Å². The quantitative estimate of drug-likeness (QED) is 0.367. The Hall–Kier alpha value is -2.88. The van der Waals surface area contributed by atoms with Gasteiger partial charge in [0.1, 0.15) is 6.61 Å². The average molecular weight is 525 g/mol. The van der Waals surface area contributed by atoms with Crippen LogP contribution < -0.4 is 5.32 Å². The number of carbonyl (C=O) groups is 2. The largest absolute Gasteiger partial charge is 0.458 e. The number of thioether (sulfide) groups is 1. The van der Waals surface area contributed by atoms with Crippen molar-refractivity contribution >= 4 is 28.8 Å². The van der Waals surface area contributed by atoms with Crippen molar-refractivity contribution < 1.29 is 19.1 Å². The second-order valence-electron chi connectivity index (χ2n) is 9.58. The standard InChI is InChI=1S/C28H36N4O4S/c1-5-14-36-27(34)25-20(4)30-28-32(26(25)22-8-6-21(7-9-22)19(2)3)23(18-37-28)17-24(33)29-10-11-31-12-15-35-16-13-31/h5-9,18-19,26H,1,10-17H2,2-4H3,(H,29,33). The van der Waals surface area contributed by atoms with Crippen molar-refractivity contribution in [3.05, 3.63) is 70.4 Å². The topological polar surface area (TPSA) is 83.5 Å². The summed E-state index contributed by atoms with van der Waals surface area (Å²) in [5, 5.41) is 5.76. The molecule has 1 saturated heterocycles. The van der Waals surface area contributed by atoms with E-state index >= 15 is 0 Å². The first kappa shape index (κ1) is 27.2. The molecule has 4 rings (SSSR count). The van der Waals surface area contributed by atoms with Gasteiger partial charge in [-0.3, -0.25) is 9.69 Å². The maximum Gasteiger partial charge on any atom is 0.338 e. The highest BCUT2D eigenvalue weighted by molar-refractivity contribution is 8.16. The van der Waals surface area contributed by atoms with E-state index in [-0.39, 0.29) is 18.9 Å². The van der Waals surface area contributed by atoms with Crippen LogP contribution in [0.3, 0.4) is 0 Å². The third-order valence-electron chi connectivity index (χ3n) is 6.67. The number of amides is 1. The van der Waals surface area contributed by atoms with Crippen LogP contribution in [0, 0.1) is 0 Å². The van der Waals surface area contributed by atoms with Gasteiger partial charge in [-0.1, -0.05) is 62.5 Å². The number of hydrogen-bond acceptors (Lipinski definition) is 8. The molecule has 1 atom stereocenters. The average Bonchev–Trinajstić information content (AvgIpc) is 3.28. The Bertz CT molecular complexity index is 1100. The number of fused-ring (bicyclic) bond motifs is 1. The molecular weight excluding hydrogens is 488 g/mol. The third-order valence-corrected chi connectivity index (χ3v) is 7.56. The lowest BCUT2D eigenvalue weighted by Gasteiger charge is -2.36. The van der Waals surface area contributed by atoms with Gasteiger partial charge in [0.15, 0.2) is 5.17 Å². The van der Waals surface area contributed by atoms with E-state index in [1.165, 1.54) is 17.3 Å². The van der Waals surface area contributed by atoms with Crippen molar-refractivity contribution in [1.82, 2.24) is 15.1 Å². The number of allylic oxidation sites excluding steroid dienone is 1. The Morgan fingerprint density at radius 2 is 2.00 bits per heavy atom. The molecule has 1 amide bonds. The van der Waals surface area contributed by atoms with Gasteiger partial charge >= 0.3 is 5.97 Å². The van der Waals surface area contributed by atoms with Crippen molar-refractivity contribution in [3.63, 3.8) is 0 Å². The van der Waals surface area contributed by atoms with Crippen molar-refractivity contribution in [2.45, 2.75) is 39.2 Å². The van der Waals surface area contributed by atoms with E-state index in [9.17, 15) is 9.59 Å². The molecule has 1 fully saturated rings. The SMILES string of the molecule is C=CCOC(=O)C1=C(C)N=C2SC=C(CC(=O)NCCN3CCOCC3)N2C1c1ccc(C(C)C)cc1. The van der Waals surface area contributed by atoms with Crippen LogP contribution in [0.4, 0.5) is 0 Å². The summed E-state index contributed by atoms with van der Waals surface area (Å²) in [4.78, 5) is 35.1. The number of nitrogens with one attached hydrogen (secondary N) is 1. The summed E-state index contributed by atoms with van der Waals surface area (Å²) in [5.41, 5.74) is 4.07. The smallest absolute Gasteiger partial charge is 0.338 e. The van der Waals surface area contributed by atoms with E-state index in [0.717, 1.165) is 49.3 Å². The minimum Gasteiger partial charge on any atom is -0.458 e. The first-order valence-electron chi connectivity index (χ1n) is 12.8. The molecule has 0 spiro atoms. The predicted octanol–water partition coefficient (Wildman–Crippen LogP) is 3.95. The van der Waals surface area contributed by atoms with Gasteiger partial charge in [0.25, 0.3) is 0 Å². The number of morpholine rings is 1. The summed E-state index contributed by atoms with van der Waals surface area (Å²) in [6, 6.07) is 7.87. The number of esters is 1. The van der Waals surface area contributed by atoms with Crippen LogP contribution in [0.15, 0.2) is 64.3 Å². The van der Waals surface area contributed by atoms with E-state index < -0.39 is 12.0 Å². The number of nitrogens with zero attached hydrogens (tertiary/aromatic N) is 3. The van der Waals surface area contributed by atoms with Crippen LogP contribution in [0.1, 0.15) is 50.3 Å². The van der Waals surface area contributed by atoms with Gasteiger partial charge in [-0.25, -0.2) is 9.79 Å². The molecular formula is C28H36N4O4S. The molecule has 9 heteroatoms. The molecule has 1 unspecified atom stereocenters. The number of rotatable bonds is 10. The van der Waals surface area contributed by atoms with Crippen molar-refractivity contribution in [2.75, 3.05) is 46.0 Å². The Morgan fingerprint density at radius 3 is 2.68 bits per heavy atom. The second-order valence-corrected chi connectivity index (χ2v) is 10.4. The first-order valence-corrected chi connectivity index (χ1v) is 13.7. The number of benzene rings is 1. The predicted molar refractivity (Wildman–Crippen MR) is 147 cm³/mol. The molecule has 0 aliphatic carbocycles. The minimum absolute atomic E-state index is 0.0580. The lowest BCUT2D eigenvalue weighted by molar-refractivity contribution is -0.138.